The van der Waals surface area contributed by atoms with Crippen LogP contribution in [0.3, 0.4) is 0 Å². The Morgan fingerprint density at radius 3 is 2.46 bits per heavy atom. The van der Waals surface area contributed by atoms with Crippen LogP contribution in [0.2, 0.25) is 0 Å². The van der Waals surface area contributed by atoms with E-state index in [4.69, 9.17) is 0 Å². The summed E-state index contributed by atoms with van der Waals surface area (Å²) in [7, 11) is 0. The first kappa shape index (κ1) is 19.0. The molecule has 1 amide bonds. The van der Waals surface area contributed by atoms with Crippen LogP contribution >= 0.6 is 0 Å². The Balaban J connectivity index is 1.32. The number of hydrogen-bond acceptors (Lipinski definition) is 2. The number of benzene rings is 1. The van der Waals surface area contributed by atoms with Crippen LogP contribution in [0.15, 0.2) is 36.4 Å². The highest BCUT2D eigenvalue weighted by molar-refractivity contribution is 5.92. The minimum atomic E-state index is 0.131. The Kier molecular flexibility index (Phi) is 5.40. The molecule has 1 aliphatic carbocycles. The van der Waals surface area contributed by atoms with Gasteiger partial charge in [0.05, 0.1) is 0 Å². The summed E-state index contributed by atoms with van der Waals surface area (Å²) < 4.78 is 2.43. The van der Waals surface area contributed by atoms with Crippen molar-refractivity contribution in [2.45, 2.75) is 46.2 Å². The summed E-state index contributed by atoms with van der Waals surface area (Å²) in [5, 5.41) is 0. The average Bonchev–Trinajstić information content (AvgIpc) is 3.48. The van der Waals surface area contributed by atoms with Crippen LogP contribution < -0.4 is 0 Å². The quantitative estimate of drug-likeness (QED) is 0.734. The fourth-order valence-corrected chi connectivity index (χ4v) is 4.29. The normalized spacial score (nSPS) is 18.2. The van der Waals surface area contributed by atoms with Gasteiger partial charge in [0.1, 0.15) is 0 Å². The van der Waals surface area contributed by atoms with E-state index in [1.54, 1.807) is 6.08 Å². The molecule has 0 atom stereocenters. The van der Waals surface area contributed by atoms with Crippen molar-refractivity contribution in [1.29, 1.82) is 0 Å². The Morgan fingerprint density at radius 1 is 1.07 bits per heavy atom. The number of aromatic nitrogens is 1. The second kappa shape index (κ2) is 7.96. The third kappa shape index (κ3) is 4.07. The van der Waals surface area contributed by atoms with Crippen LogP contribution in [0.5, 0.6) is 0 Å². The first-order valence-electron chi connectivity index (χ1n) is 10.4. The molecule has 1 aliphatic heterocycles. The number of hydrogen-bond donors (Lipinski definition) is 0. The Hall–Kier alpha value is -2.33. The fourth-order valence-electron chi connectivity index (χ4n) is 4.29. The molecular weight excluding hydrogens is 346 g/mol. The topological polar surface area (TPSA) is 28.5 Å². The van der Waals surface area contributed by atoms with Gasteiger partial charge in [-0.05, 0) is 62.4 Å². The zero-order chi connectivity index (χ0) is 19.7. The van der Waals surface area contributed by atoms with Crippen LogP contribution in [0, 0.1) is 20.8 Å². The lowest BCUT2D eigenvalue weighted by molar-refractivity contribution is -0.127. The zero-order valence-corrected chi connectivity index (χ0v) is 17.3. The van der Waals surface area contributed by atoms with Gasteiger partial charge in [-0.3, -0.25) is 9.69 Å². The van der Waals surface area contributed by atoms with Crippen molar-refractivity contribution in [2.75, 3.05) is 26.2 Å². The van der Waals surface area contributed by atoms with E-state index >= 15 is 0 Å². The molecule has 148 valence electrons. The Morgan fingerprint density at radius 2 is 1.79 bits per heavy atom. The summed E-state index contributed by atoms with van der Waals surface area (Å²) in [4.78, 5) is 17.1. The second-order valence-electron chi connectivity index (χ2n) is 8.29. The van der Waals surface area contributed by atoms with Gasteiger partial charge in [0.2, 0.25) is 5.91 Å². The van der Waals surface area contributed by atoms with Crippen LogP contribution in [-0.4, -0.2) is 46.5 Å². The smallest absolute Gasteiger partial charge is 0.246 e. The molecule has 2 aliphatic rings. The summed E-state index contributed by atoms with van der Waals surface area (Å²) in [6, 6.07) is 11.4. The molecule has 1 saturated carbocycles. The lowest BCUT2D eigenvalue weighted by atomic mass is 10.1. The summed E-state index contributed by atoms with van der Waals surface area (Å²) in [6.45, 7) is 10.9. The highest BCUT2D eigenvalue weighted by Crippen LogP contribution is 2.38. The maximum absolute atomic E-state index is 12.7. The Bertz CT molecular complexity index is 883. The van der Waals surface area contributed by atoms with E-state index in [0.29, 0.717) is 6.04 Å². The fraction of sp³-hybridized carbons (Fsp3) is 0.458. The summed E-state index contributed by atoms with van der Waals surface area (Å²) >= 11 is 0. The molecule has 2 aromatic rings. The monoisotopic (exact) mass is 377 g/mol. The lowest BCUT2D eigenvalue weighted by Crippen LogP contribution is -2.47. The van der Waals surface area contributed by atoms with Crippen molar-refractivity contribution in [3.63, 3.8) is 0 Å². The number of piperazine rings is 1. The highest BCUT2D eigenvalue weighted by atomic mass is 16.2. The molecule has 1 saturated heterocycles. The van der Waals surface area contributed by atoms with E-state index in [-0.39, 0.29) is 5.91 Å². The molecular formula is C24H31N3O. The summed E-state index contributed by atoms with van der Waals surface area (Å²) in [5.74, 6) is 0.131. The molecule has 0 N–H and O–H groups in total. The second-order valence-corrected chi connectivity index (χ2v) is 8.29. The zero-order valence-electron chi connectivity index (χ0n) is 17.3. The van der Waals surface area contributed by atoms with Crippen molar-refractivity contribution in [2.24, 2.45) is 0 Å². The van der Waals surface area contributed by atoms with Crippen LogP contribution in [-0.2, 0) is 11.3 Å². The van der Waals surface area contributed by atoms with E-state index < -0.39 is 0 Å². The predicted molar refractivity (Wildman–Crippen MR) is 114 cm³/mol. The van der Waals surface area contributed by atoms with E-state index in [0.717, 1.165) is 32.7 Å². The largest absolute Gasteiger partial charge is 0.346 e. The third-order valence-electron chi connectivity index (χ3n) is 6.18. The molecule has 0 spiro atoms. The number of amides is 1. The molecule has 1 aromatic carbocycles. The van der Waals surface area contributed by atoms with Gasteiger partial charge in [-0.1, -0.05) is 24.3 Å². The molecule has 2 fully saturated rings. The number of carbonyl (C=O) groups excluding carboxylic acids is 1. The van der Waals surface area contributed by atoms with Crippen molar-refractivity contribution < 1.29 is 4.79 Å². The minimum absolute atomic E-state index is 0.131. The van der Waals surface area contributed by atoms with E-state index in [1.807, 2.05) is 11.0 Å². The van der Waals surface area contributed by atoms with Gasteiger partial charge in [0.15, 0.2) is 0 Å². The molecule has 0 unspecified atom stereocenters. The first-order valence-corrected chi connectivity index (χ1v) is 10.4. The summed E-state index contributed by atoms with van der Waals surface area (Å²) in [6.07, 6.45) is 6.33. The maximum atomic E-state index is 12.7. The standard InChI is InChI=1S/C24H31N3O/c1-18-6-4-5-7-22(18)17-25-12-14-26(15-13-25)24(28)11-8-21-16-19(2)27(20(21)3)23-9-10-23/h4-8,11,16,23H,9-10,12-15,17H2,1-3H3/b11-8+. The van der Waals surface area contributed by atoms with Gasteiger partial charge in [-0.25, -0.2) is 0 Å². The summed E-state index contributed by atoms with van der Waals surface area (Å²) in [5.41, 5.74) is 6.49. The van der Waals surface area contributed by atoms with Gasteiger partial charge in [-0.15, -0.1) is 0 Å². The molecule has 0 bridgehead atoms. The van der Waals surface area contributed by atoms with Crippen LogP contribution in [0.25, 0.3) is 6.08 Å². The Labute approximate surface area is 168 Å². The third-order valence-corrected chi connectivity index (χ3v) is 6.18. The lowest BCUT2D eigenvalue weighted by Gasteiger charge is -2.34. The van der Waals surface area contributed by atoms with Crippen molar-refractivity contribution >= 4 is 12.0 Å². The van der Waals surface area contributed by atoms with Gasteiger partial charge in [-0.2, -0.15) is 0 Å². The van der Waals surface area contributed by atoms with E-state index in [1.165, 1.54) is 40.9 Å². The van der Waals surface area contributed by atoms with Gasteiger partial charge >= 0.3 is 0 Å². The van der Waals surface area contributed by atoms with Crippen molar-refractivity contribution in [3.8, 4) is 0 Å². The van der Waals surface area contributed by atoms with Crippen LogP contribution in [0.1, 0.15) is 47.0 Å². The SMILES string of the molecule is Cc1ccccc1CN1CCN(C(=O)/C=C/c2cc(C)n(C3CC3)c2C)CC1. The van der Waals surface area contributed by atoms with Crippen molar-refractivity contribution in [1.82, 2.24) is 14.4 Å². The van der Waals surface area contributed by atoms with Gasteiger partial charge in [0, 0.05) is 56.2 Å². The number of carbonyl (C=O) groups is 1. The number of rotatable bonds is 5. The molecule has 4 rings (SSSR count). The first-order chi connectivity index (χ1) is 13.5. The molecule has 4 nitrogen and oxygen atoms in total. The molecule has 0 radical (unpaired) electrons. The highest BCUT2D eigenvalue weighted by Gasteiger charge is 2.26. The van der Waals surface area contributed by atoms with E-state index in [2.05, 4.69) is 60.6 Å². The molecule has 1 aromatic heterocycles. The maximum Gasteiger partial charge on any atom is 0.246 e. The molecule has 2 heterocycles. The number of nitrogens with zero attached hydrogens (tertiary/aromatic N) is 3. The van der Waals surface area contributed by atoms with Crippen LogP contribution in [0.4, 0.5) is 0 Å². The minimum Gasteiger partial charge on any atom is -0.346 e. The van der Waals surface area contributed by atoms with Gasteiger partial charge < -0.3 is 9.47 Å². The predicted octanol–water partition coefficient (Wildman–Crippen LogP) is 4.11. The molecule has 28 heavy (non-hydrogen) atoms. The number of aryl methyl sites for hydroxylation is 2. The molecule has 4 heteroatoms. The average molecular weight is 378 g/mol. The van der Waals surface area contributed by atoms with Gasteiger partial charge in [0.25, 0.3) is 0 Å². The van der Waals surface area contributed by atoms with Crippen molar-refractivity contribution in [3.05, 3.63) is 64.5 Å². The van der Waals surface area contributed by atoms with E-state index in [9.17, 15) is 4.79 Å².